The minimum absolute atomic E-state index is 0. The van der Waals surface area contributed by atoms with Crippen LogP contribution in [0.5, 0.6) is 0 Å². The van der Waals surface area contributed by atoms with Crippen molar-refractivity contribution in [1.29, 1.82) is 0 Å². The molecule has 0 radical (unpaired) electrons. The third-order valence-electron chi connectivity index (χ3n) is 3.48. The summed E-state index contributed by atoms with van der Waals surface area (Å²) in [6, 6.07) is 2.07. The largest absolute Gasteiger partial charge is 0.348 e. The Morgan fingerprint density at radius 3 is 2.89 bits per heavy atom. The quantitative estimate of drug-likeness (QED) is 0.887. The number of nitrogens with two attached hydrogens (primary N) is 1. The number of carbonyl (C=O) groups is 1. The van der Waals surface area contributed by atoms with Gasteiger partial charge in [-0.15, -0.1) is 12.4 Å². The molecule has 0 saturated heterocycles. The Morgan fingerprint density at radius 1 is 1.61 bits per heavy atom. The van der Waals surface area contributed by atoms with E-state index in [1.165, 1.54) is 0 Å². The van der Waals surface area contributed by atoms with Crippen molar-refractivity contribution >= 4 is 34.2 Å². The Kier molecular flexibility index (Phi) is 5.69. The van der Waals surface area contributed by atoms with Crippen molar-refractivity contribution in [1.82, 2.24) is 9.88 Å². The van der Waals surface area contributed by atoms with Crippen LogP contribution >= 0.6 is 28.3 Å². The van der Waals surface area contributed by atoms with Crippen molar-refractivity contribution in [2.45, 2.75) is 25.3 Å². The van der Waals surface area contributed by atoms with E-state index in [9.17, 15) is 4.79 Å². The smallest absolute Gasteiger partial charge is 0.268 e. The number of amides is 1. The number of carbonyl (C=O) groups excluding carboxylic acids is 1. The first kappa shape index (κ1) is 15.5. The van der Waals surface area contributed by atoms with Gasteiger partial charge in [-0.25, -0.2) is 0 Å². The molecule has 2 rings (SSSR count). The molecule has 0 aromatic carbocycles. The zero-order valence-electron chi connectivity index (χ0n) is 10.4. The second-order valence-corrected chi connectivity index (χ2v) is 5.58. The molecular formula is C12H19BrClN3O. The van der Waals surface area contributed by atoms with E-state index < -0.39 is 0 Å². The van der Waals surface area contributed by atoms with E-state index in [-0.39, 0.29) is 24.4 Å². The molecule has 0 bridgehead atoms. The lowest BCUT2D eigenvalue weighted by Crippen LogP contribution is -2.40. The summed E-state index contributed by atoms with van der Waals surface area (Å²) in [6.07, 6.45) is 5.20. The molecule has 0 spiro atoms. The van der Waals surface area contributed by atoms with E-state index in [2.05, 4.69) is 21.2 Å². The van der Waals surface area contributed by atoms with E-state index in [4.69, 9.17) is 5.73 Å². The molecule has 1 aromatic rings. The van der Waals surface area contributed by atoms with E-state index in [0.29, 0.717) is 18.2 Å². The average Bonchev–Trinajstić information content (AvgIpc) is 2.84. The Balaban J connectivity index is 0.00000162. The summed E-state index contributed by atoms with van der Waals surface area (Å²) in [5, 5.41) is 3.09. The Hall–Kier alpha value is -0.520. The van der Waals surface area contributed by atoms with E-state index in [0.717, 1.165) is 23.7 Å². The zero-order chi connectivity index (χ0) is 12.4. The van der Waals surface area contributed by atoms with Gasteiger partial charge in [0.25, 0.3) is 5.91 Å². The molecule has 2 unspecified atom stereocenters. The van der Waals surface area contributed by atoms with Gasteiger partial charge in [-0.05, 0) is 47.3 Å². The lowest BCUT2D eigenvalue weighted by molar-refractivity contribution is 0.0920. The van der Waals surface area contributed by atoms with Crippen LogP contribution in [0.2, 0.25) is 0 Å². The average molecular weight is 337 g/mol. The van der Waals surface area contributed by atoms with E-state index in [1.54, 1.807) is 0 Å². The summed E-state index contributed by atoms with van der Waals surface area (Å²) < 4.78 is 2.75. The second-order valence-electron chi connectivity index (χ2n) is 4.66. The van der Waals surface area contributed by atoms with Gasteiger partial charge in [0, 0.05) is 23.8 Å². The van der Waals surface area contributed by atoms with Gasteiger partial charge in [0.15, 0.2) is 0 Å². The van der Waals surface area contributed by atoms with Gasteiger partial charge in [-0.2, -0.15) is 0 Å². The Bertz CT molecular complexity index is 421. The van der Waals surface area contributed by atoms with Crippen LogP contribution in [0.25, 0.3) is 0 Å². The van der Waals surface area contributed by atoms with Gasteiger partial charge >= 0.3 is 0 Å². The number of rotatable bonds is 3. The van der Waals surface area contributed by atoms with E-state index in [1.807, 2.05) is 23.9 Å². The predicted molar refractivity (Wildman–Crippen MR) is 78.0 cm³/mol. The molecule has 1 aliphatic rings. The highest BCUT2D eigenvalue weighted by Gasteiger charge is 2.28. The summed E-state index contributed by atoms with van der Waals surface area (Å²) in [5.41, 5.74) is 6.39. The minimum Gasteiger partial charge on any atom is -0.348 e. The highest BCUT2D eigenvalue weighted by Crippen LogP contribution is 2.25. The first-order valence-corrected chi connectivity index (χ1v) is 6.74. The molecule has 1 saturated carbocycles. The summed E-state index contributed by atoms with van der Waals surface area (Å²) in [6.45, 7) is 0.655. The lowest BCUT2D eigenvalue weighted by Gasteiger charge is -2.19. The monoisotopic (exact) mass is 335 g/mol. The third kappa shape index (κ3) is 3.28. The molecule has 1 amide bonds. The molecule has 4 nitrogen and oxygen atoms in total. The number of hydrogen-bond acceptors (Lipinski definition) is 2. The SMILES string of the molecule is Cl.Cn1cc(Br)cc1C(=O)NC1CCCC1CN. The predicted octanol–water partition coefficient (Wildman–Crippen LogP) is 2.07. The molecule has 102 valence electrons. The number of hydrogen-bond donors (Lipinski definition) is 2. The van der Waals surface area contributed by atoms with Crippen molar-refractivity contribution in [3.05, 3.63) is 22.4 Å². The summed E-state index contributed by atoms with van der Waals surface area (Å²) in [7, 11) is 1.87. The molecule has 1 aliphatic carbocycles. The van der Waals surface area contributed by atoms with Crippen molar-refractivity contribution < 1.29 is 4.79 Å². The van der Waals surface area contributed by atoms with E-state index >= 15 is 0 Å². The standard InChI is InChI=1S/C12H18BrN3O.ClH/c1-16-7-9(13)5-11(16)12(17)15-10-4-2-3-8(10)6-14;/h5,7-8,10H,2-4,6,14H2,1H3,(H,15,17);1H. The van der Waals surface area contributed by atoms with Gasteiger partial charge in [0.05, 0.1) is 0 Å². The van der Waals surface area contributed by atoms with Crippen molar-refractivity contribution in [2.24, 2.45) is 18.7 Å². The maximum atomic E-state index is 12.1. The summed E-state index contributed by atoms with van der Waals surface area (Å²) in [5.74, 6) is 0.422. The van der Waals surface area contributed by atoms with Gasteiger partial charge in [0.2, 0.25) is 0 Å². The minimum atomic E-state index is -0.0106. The Morgan fingerprint density at radius 2 is 2.33 bits per heavy atom. The maximum absolute atomic E-state index is 12.1. The molecule has 1 fully saturated rings. The third-order valence-corrected chi connectivity index (χ3v) is 3.92. The van der Waals surface area contributed by atoms with Crippen LogP contribution in [-0.2, 0) is 7.05 Å². The number of halogens is 2. The fraction of sp³-hybridized carbons (Fsp3) is 0.583. The molecule has 18 heavy (non-hydrogen) atoms. The zero-order valence-corrected chi connectivity index (χ0v) is 12.8. The lowest BCUT2D eigenvalue weighted by atomic mass is 10.0. The fourth-order valence-corrected chi connectivity index (χ4v) is 3.03. The maximum Gasteiger partial charge on any atom is 0.268 e. The summed E-state index contributed by atoms with van der Waals surface area (Å²) in [4.78, 5) is 12.1. The van der Waals surface area contributed by atoms with Crippen LogP contribution < -0.4 is 11.1 Å². The molecule has 2 atom stereocenters. The fourth-order valence-electron chi connectivity index (χ4n) is 2.50. The van der Waals surface area contributed by atoms with Crippen LogP contribution in [0.1, 0.15) is 29.8 Å². The van der Waals surface area contributed by atoms with Crippen molar-refractivity contribution in [3.63, 3.8) is 0 Å². The van der Waals surface area contributed by atoms with Gasteiger partial charge in [-0.1, -0.05) is 6.42 Å². The van der Waals surface area contributed by atoms with Crippen molar-refractivity contribution in [3.8, 4) is 0 Å². The molecule has 1 aromatic heterocycles. The molecule has 0 aliphatic heterocycles. The number of aryl methyl sites for hydroxylation is 1. The van der Waals surface area contributed by atoms with Gasteiger partial charge < -0.3 is 15.6 Å². The van der Waals surface area contributed by atoms with Crippen LogP contribution in [0, 0.1) is 5.92 Å². The van der Waals surface area contributed by atoms with Crippen LogP contribution in [-0.4, -0.2) is 23.1 Å². The summed E-state index contributed by atoms with van der Waals surface area (Å²) >= 11 is 3.37. The van der Waals surface area contributed by atoms with Gasteiger partial charge in [0.1, 0.15) is 5.69 Å². The van der Waals surface area contributed by atoms with Crippen LogP contribution in [0.4, 0.5) is 0 Å². The molecule has 3 N–H and O–H groups in total. The van der Waals surface area contributed by atoms with Crippen LogP contribution in [0.3, 0.4) is 0 Å². The van der Waals surface area contributed by atoms with Crippen molar-refractivity contribution in [2.75, 3.05) is 6.54 Å². The second kappa shape index (κ2) is 6.59. The number of nitrogens with one attached hydrogen (secondary N) is 1. The topological polar surface area (TPSA) is 60.0 Å². The first-order chi connectivity index (χ1) is 8.11. The highest BCUT2D eigenvalue weighted by atomic mass is 79.9. The normalized spacial score (nSPS) is 22.6. The molecule has 6 heteroatoms. The Labute approximate surface area is 122 Å². The van der Waals surface area contributed by atoms with Crippen LogP contribution in [0.15, 0.2) is 16.7 Å². The molecular weight excluding hydrogens is 318 g/mol. The first-order valence-electron chi connectivity index (χ1n) is 5.94. The number of aromatic nitrogens is 1. The van der Waals surface area contributed by atoms with Gasteiger partial charge in [-0.3, -0.25) is 4.79 Å². The molecule has 1 heterocycles. The number of nitrogens with zero attached hydrogens (tertiary/aromatic N) is 1. The highest BCUT2D eigenvalue weighted by molar-refractivity contribution is 9.10.